The third-order valence-electron chi connectivity index (χ3n) is 6.59. The normalized spacial score (nSPS) is 25.6. The van der Waals surface area contributed by atoms with Crippen molar-refractivity contribution in [1.82, 2.24) is 9.80 Å². The van der Waals surface area contributed by atoms with Gasteiger partial charge in [0.15, 0.2) is 6.23 Å². The van der Waals surface area contributed by atoms with E-state index in [1.54, 1.807) is 23.1 Å². The van der Waals surface area contributed by atoms with Crippen LogP contribution in [0.4, 0.5) is 10.1 Å². The quantitative estimate of drug-likeness (QED) is 0.770. The number of carbonyl (C=O) groups is 2. The van der Waals surface area contributed by atoms with Crippen molar-refractivity contribution in [3.05, 3.63) is 59.4 Å². The van der Waals surface area contributed by atoms with E-state index in [1.807, 2.05) is 30.9 Å². The molecule has 2 aliphatic heterocycles. The predicted octanol–water partition coefficient (Wildman–Crippen LogP) is 2.88. The van der Waals surface area contributed by atoms with Crippen LogP contribution >= 0.6 is 0 Å². The predicted molar refractivity (Wildman–Crippen MR) is 118 cm³/mol. The third kappa shape index (κ3) is 3.58. The van der Waals surface area contributed by atoms with Gasteiger partial charge in [0.2, 0.25) is 5.91 Å². The average Bonchev–Trinajstić information content (AvgIpc) is 3.38. The number of anilines is 1. The molecule has 2 fully saturated rings. The summed E-state index contributed by atoms with van der Waals surface area (Å²) in [6.07, 6.45) is 1.03. The van der Waals surface area contributed by atoms with Crippen LogP contribution in [-0.2, 0) is 4.79 Å². The number of ether oxygens (including phenoxy) is 1. The van der Waals surface area contributed by atoms with Crippen molar-refractivity contribution in [3.63, 3.8) is 0 Å². The minimum Gasteiger partial charge on any atom is -0.464 e. The summed E-state index contributed by atoms with van der Waals surface area (Å²) in [5.74, 6) is 0.0490. The van der Waals surface area contributed by atoms with Crippen LogP contribution in [0.15, 0.2) is 42.5 Å². The maximum Gasteiger partial charge on any atom is 0.253 e. The van der Waals surface area contributed by atoms with Gasteiger partial charge in [-0.05, 0) is 51.0 Å². The molecular weight excluding hydrogens is 411 g/mol. The fraction of sp³-hybridized carbons (Fsp3) is 0.417. The van der Waals surface area contributed by atoms with E-state index in [4.69, 9.17) is 10.5 Å². The van der Waals surface area contributed by atoms with Crippen molar-refractivity contribution in [2.24, 2.45) is 5.73 Å². The van der Waals surface area contributed by atoms with E-state index in [9.17, 15) is 14.0 Å². The van der Waals surface area contributed by atoms with Gasteiger partial charge < -0.3 is 25.6 Å². The van der Waals surface area contributed by atoms with Gasteiger partial charge in [0.1, 0.15) is 11.6 Å². The van der Waals surface area contributed by atoms with Gasteiger partial charge in [-0.3, -0.25) is 9.59 Å². The minimum atomic E-state index is -0.702. The molecule has 3 atom stereocenters. The first-order valence-electron chi connectivity index (χ1n) is 11.0. The third-order valence-corrected chi connectivity index (χ3v) is 6.59. The van der Waals surface area contributed by atoms with Crippen molar-refractivity contribution in [2.75, 3.05) is 18.4 Å². The zero-order valence-electron chi connectivity index (χ0n) is 18.2. The first-order valence-corrected chi connectivity index (χ1v) is 11.0. The van der Waals surface area contributed by atoms with E-state index < -0.39 is 11.8 Å². The van der Waals surface area contributed by atoms with Crippen molar-refractivity contribution in [2.45, 2.75) is 50.5 Å². The largest absolute Gasteiger partial charge is 0.464 e. The topological polar surface area (TPSA) is 87.9 Å². The van der Waals surface area contributed by atoms with Crippen molar-refractivity contribution in [1.29, 1.82) is 0 Å². The van der Waals surface area contributed by atoms with E-state index in [1.165, 1.54) is 12.1 Å². The highest BCUT2D eigenvalue weighted by molar-refractivity contribution is 5.95. The van der Waals surface area contributed by atoms with Gasteiger partial charge in [-0.1, -0.05) is 12.1 Å². The maximum atomic E-state index is 13.4. The maximum absolute atomic E-state index is 13.4. The molecule has 0 spiro atoms. The van der Waals surface area contributed by atoms with Crippen LogP contribution in [0.3, 0.4) is 0 Å². The molecule has 168 valence electrons. The molecule has 0 aromatic heterocycles. The number of nitrogens with zero attached hydrogens (tertiary/aromatic N) is 2. The molecule has 2 aromatic carbocycles. The summed E-state index contributed by atoms with van der Waals surface area (Å²) >= 11 is 0. The Kier molecular flexibility index (Phi) is 4.85. The zero-order valence-corrected chi connectivity index (χ0v) is 18.2. The van der Waals surface area contributed by atoms with Gasteiger partial charge in [0.25, 0.3) is 5.91 Å². The highest BCUT2D eigenvalue weighted by Crippen LogP contribution is 2.38. The molecule has 1 saturated carbocycles. The standard InChI is InChI=1S/C24H27FN4O3/c1-14-12-28(13-15(2)29(14)23(31)24(26)9-10-24)22(30)17-5-3-16(4-6-17)21-27-19-8-7-18(25)11-20(19)32-21/h3-8,11,14-15,21,27H,9-10,12-13,26H2,1-2H3/t14-,15+,21?. The summed E-state index contributed by atoms with van der Waals surface area (Å²) < 4.78 is 19.2. The molecule has 0 radical (unpaired) electrons. The number of hydrogen-bond donors (Lipinski definition) is 2. The lowest BCUT2D eigenvalue weighted by Crippen LogP contribution is -2.63. The number of piperazine rings is 1. The van der Waals surface area contributed by atoms with Crippen LogP contribution in [-0.4, -0.2) is 52.3 Å². The molecule has 1 saturated heterocycles. The van der Waals surface area contributed by atoms with Gasteiger partial charge in [-0.25, -0.2) is 4.39 Å². The molecule has 3 N–H and O–H groups in total. The molecule has 2 amide bonds. The number of hydrogen-bond acceptors (Lipinski definition) is 5. The lowest BCUT2D eigenvalue weighted by Gasteiger charge is -2.45. The van der Waals surface area contributed by atoms with E-state index in [-0.39, 0.29) is 29.7 Å². The summed E-state index contributed by atoms with van der Waals surface area (Å²) in [6, 6.07) is 11.4. The Morgan fingerprint density at radius 3 is 2.38 bits per heavy atom. The average molecular weight is 439 g/mol. The molecule has 0 bridgehead atoms. The molecule has 7 nitrogen and oxygen atoms in total. The number of fused-ring (bicyclic) bond motifs is 1. The number of benzene rings is 2. The summed E-state index contributed by atoms with van der Waals surface area (Å²) in [5.41, 5.74) is 7.57. The first-order chi connectivity index (χ1) is 15.2. The fourth-order valence-corrected chi connectivity index (χ4v) is 4.64. The number of carbonyl (C=O) groups excluding carboxylic acids is 2. The highest BCUT2D eigenvalue weighted by atomic mass is 19.1. The number of nitrogens with one attached hydrogen (secondary N) is 1. The number of rotatable bonds is 3. The fourth-order valence-electron chi connectivity index (χ4n) is 4.64. The molecule has 5 rings (SSSR count). The summed E-state index contributed by atoms with van der Waals surface area (Å²) in [5, 5.41) is 3.20. The van der Waals surface area contributed by atoms with Crippen molar-refractivity contribution < 1.29 is 18.7 Å². The van der Waals surface area contributed by atoms with E-state index in [0.29, 0.717) is 24.4 Å². The van der Waals surface area contributed by atoms with Crippen LogP contribution < -0.4 is 15.8 Å². The summed E-state index contributed by atoms with van der Waals surface area (Å²) in [4.78, 5) is 29.6. The molecule has 2 aromatic rings. The molecule has 3 aliphatic rings. The van der Waals surface area contributed by atoms with Crippen LogP contribution in [0.25, 0.3) is 0 Å². The molecule has 8 heteroatoms. The number of halogens is 1. The van der Waals surface area contributed by atoms with Crippen LogP contribution in [0.1, 0.15) is 48.8 Å². The summed E-state index contributed by atoms with van der Waals surface area (Å²) in [7, 11) is 0. The Morgan fingerprint density at radius 1 is 1.09 bits per heavy atom. The second-order valence-corrected chi connectivity index (χ2v) is 9.18. The lowest BCUT2D eigenvalue weighted by atomic mass is 10.0. The lowest BCUT2D eigenvalue weighted by molar-refractivity contribution is -0.140. The molecule has 2 heterocycles. The van der Waals surface area contributed by atoms with E-state index >= 15 is 0 Å². The SMILES string of the molecule is C[C@@H]1CN(C(=O)c2ccc(C3Nc4ccc(F)cc4O3)cc2)C[C@H](C)N1C(=O)C1(N)CC1. The van der Waals surface area contributed by atoms with Gasteiger partial charge >= 0.3 is 0 Å². The molecular formula is C24H27FN4O3. The Balaban J connectivity index is 1.25. The van der Waals surface area contributed by atoms with Crippen molar-refractivity contribution >= 4 is 17.5 Å². The van der Waals surface area contributed by atoms with Gasteiger partial charge in [0, 0.05) is 42.4 Å². The highest BCUT2D eigenvalue weighted by Gasteiger charge is 2.51. The van der Waals surface area contributed by atoms with Gasteiger partial charge in [0.05, 0.1) is 11.2 Å². The Hall–Kier alpha value is -3.13. The Bertz CT molecular complexity index is 1060. The molecule has 1 unspecified atom stereocenters. The zero-order chi connectivity index (χ0) is 22.6. The second-order valence-electron chi connectivity index (χ2n) is 9.18. The van der Waals surface area contributed by atoms with Gasteiger partial charge in [-0.15, -0.1) is 0 Å². The molecule has 1 aliphatic carbocycles. The first kappa shape index (κ1) is 20.8. The molecule has 32 heavy (non-hydrogen) atoms. The second kappa shape index (κ2) is 7.48. The number of amides is 2. The number of nitrogens with two attached hydrogens (primary N) is 1. The smallest absolute Gasteiger partial charge is 0.253 e. The van der Waals surface area contributed by atoms with Gasteiger partial charge in [-0.2, -0.15) is 0 Å². The van der Waals surface area contributed by atoms with Crippen LogP contribution in [0.2, 0.25) is 0 Å². The van der Waals surface area contributed by atoms with Crippen LogP contribution in [0.5, 0.6) is 5.75 Å². The van der Waals surface area contributed by atoms with E-state index in [0.717, 1.165) is 24.1 Å². The summed E-state index contributed by atoms with van der Waals surface area (Å²) in [6.45, 7) is 4.88. The Labute approximate surface area is 186 Å². The monoisotopic (exact) mass is 438 g/mol. The Morgan fingerprint density at radius 2 is 1.75 bits per heavy atom. The van der Waals surface area contributed by atoms with Crippen molar-refractivity contribution in [3.8, 4) is 5.75 Å². The van der Waals surface area contributed by atoms with Crippen LogP contribution in [0, 0.1) is 5.82 Å². The van der Waals surface area contributed by atoms with E-state index in [2.05, 4.69) is 5.32 Å². The minimum absolute atomic E-state index is 0.00102.